The Balaban J connectivity index is 4.02. The van der Waals surface area contributed by atoms with Gasteiger partial charge in [-0.25, -0.2) is 8.78 Å². The van der Waals surface area contributed by atoms with Crippen LogP contribution in [0.15, 0.2) is 0 Å². The van der Waals surface area contributed by atoms with Crippen LogP contribution in [0.3, 0.4) is 0 Å². The molecule has 0 saturated heterocycles. The number of hydrogen-bond acceptors (Lipinski definition) is 3. The minimum absolute atomic E-state index is 0.00764. The third kappa shape index (κ3) is 7.09. The van der Waals surface area contributed by atoms with Crippen LogP contribution in [0.1, 0.15) is 27.2 Å². The maximum atomic E-state index is 12.1. The first-order valence-corrected chi connectivity index (χ1v) is 5.64. The van der Waals surface area contributed by atoms with Gasteiger partial charge in [0, 0.05) is 11.6 Å². The Labute approximate surface area is 96.8 Å². The van der Waals surface area contributed by atoms with Crippen LogP contribution >= 0.6 is 0 Å². The van der Waals surface area contributed by atoms with Gasteiger partial charge in [-0.1, -0.05) is 13.8 Å². The molecule has 0 radical (unpaired) electrons. The van der Waals surface area contributed by atoms with Crippen molar-refractivity contribution in [3.8, 4) is 0 Å². The van der Waals surface area contributed by atoms with Gasteiger partial charge in [0.25, 0.3) is 6.43 Å². The van der Waals surface area contributed by atoms with E-state index in [9.17, 15) is 13.9 Å². The van der Waals surface area contributed by atoms with Gasteiger partial charge in [0.05, 0.1) is 13.2 Å². The highest BCUT2D eigenvalue weighted by molar-refractivity contribution is 4.84. The van der Waals surface area contributed by atoms with Crippen molar-refractivity contribution in [2.45, 2.75) is 45.2 Å². The summed E-state index contributed by atoms with van der Waals surface area (Å²) in [6.07, 6.45) is -1.66. The summed E-state index contributed by atoms with van der Waals surface area (Å²) >= 11 is 0. The normalized spacial score (nSPS) is 16.1. The molecule has 0 aliphatic rings. The molecule has 0 aromatic rings. The molecule has 0 aromatic heterocycles. The number of nitrogens with one attached hydrogen (secondary N) is 1. The van der Waals surface area contributed by atoms with E-state index in [0.29, 0.717) is 13.0 Å². The topological polar surface area (TPSA) is 35.5 Å². The lowest BCUT2D eigenvalue weighted by atomic mass is 9.97. The van der Waals surface area contributed by atoms with E-state index in [1.165, 1.54) is 0 Å². The zero-order chi connectivity index (χ0) is 12.8. The Morgan fingerprint density at radius 2 is 1.94 bits per heavy atom. The smallest absolute Gasteiger partial charge is 0.251 e. The van der Waals surface area contributed by atoms with Gasteiger partial charge >= 0.3 is 0 Å². The molecule has 0 bridgehead atoms. The van der Waals surface area contributed by atoms with E-state index in [1.54, 1.807) is 11.9 Å². The van der Waals surface area contributed by atoms with Crippen LogP contribution in [0.4, 0.5) is 8.78 Å². The second kappa shape index (κ2) is 7.14. The fourth-order valence-electron chi connectivity index (χ4n) is 1.66. The first-order chi connectivity index (χ1) is 7.29. The monoisotopic (exact) mass is 238 g/mol. The van der Waals surface area contributed by atoms with Crippen molar-refractivity contribution in [3.05, 3.63) is 0 Å². The Morgan fingerprint density at radius 3 is 2.31 bits per heavy atom. The third-order valence-corrected chi connectivity index (χ3v) is 2.48. The Kier molecular flexibility index (Phi) is 7.03. The number of aliphatic hydroxyl groups is 1. The van der Waals surface area contributed by atoms with E-state index in [4.69, 9.17) is 0 Å². The molecule has 0 heterocycles. The summed E-state index contributed by atoms with van der Waals surface area (Å²) in [5, 5.41) is 12.6. The predicted molar refractivity (Wildman–Crippen MR) is 61.9 cm³/mol. The van der Waals surface area contributed by atoms with Crippen LogP contribution in [-0.2, 0) is 0 Å². The lowest BCUT2D eigenvalue weighted by Gasteiger charge is -2.32. The molecule has 0 rings (SSSR count). The van der Waals surface area contributed by atoms with Gasteiger partial charge in [-0.15, -0.1) is 0 Å². The van der Waals surface area contributed by atoms with Crippen molar-refractivity contribution in [3.63, 3.8) is 0 Å². The van der Waals surface area contributed by atoms with Crippen molar-refractivity contribution in [2.24, 2.45) is 0 Å². The second-order valence-corrected chi connectivity index (χ2v) is 4.92. The number of alkyl halides is 2. The molecular weight excluding hydrogens is 214 g/mol. The molecule has 0 aliphatic carbocycles. The highest BCUT2D eigenvalue weighted by atomic mass is 19.3. The minimum atomic E-state index is -2.30. The first kappa shape index (κ1) is 15.7. The number of rotatable bonds is 8. The number of hydrogen-bond donors (Lipinski definition) is 2. The van der Waals surface area contributed by atoms with Crippen LogP contribution in [0.5, 0.6) is 0 Å². The van der Waals surface area contributed by atoms with E-state index >= 15 is 0 Å². The van der Waals surface area contributed by atoms with Crippen molar-refractivity contribution >= 4 is 0 Å². The van der Waals surface area contributed by atoms with E-state index < -0.39 is 12.0 Å². The molecule has 0 aliphatic heterocycles. The standard InChI is InChI=1S/C11H24F2N2O/c1-9(2)14-11(3,8-16)5-6-15(4)7-10(12)13/h9-10,14,16H,5-8H2,1-4H3. The molecule has 16 heavy (non-hydrogen) atoms. The zero-order valence-electron chi connectivity index (χ0n) is 10.6. The van der Waals surface area contributed by atoms with Crippen LogP contribution < -0.4 is 5.32 Å². The van der Waals surface area contributed by atoms with Gasteiger partial charge in [-0.2, -0.15) is 0 Å². The molecule has 0 fully saturated rings. The predicted octanol–water partition coefficient (Wildman–Crippen LogP) is 1.32. The third-order valence-electron chi connectivity index (χ3n) is 2.48. The number of halogens is 2. The summed E-state index contributed by atoms with van der Waals surface area (Å²) < 4.78 is 24.2. The fourth-order valence-corrected chi connectivity index (χ4v) is 1.66. The van der Waals surface area contributed by atoms with E-state index in [0.717, 1.165) is 0 Å². The largest absolute Gasteiger partial charge is 0.394 e. The van der Waals surface area contributed by atoms with Gasteiger partial charge in [0.1, 0.15) is 0 Å². The molecule has 98 valence electrons. The van der Waals surface area contributed by atoms with Crippen LogP contribution in [-0.4, -0.2) is 54.8 Å². The maximum Gasteiger partial charge on any atom is 0.251 e. The lowest BCUT2D eigenvalue weighted by Crippen LogP contribution is -2.50. The molecule has 1 atom stereocenters. The Morgan fingerprint density at radius 1 is 1.38 bits per heavy atom. The van der Waals surface area contributed by atoms with Gasteiger partial charge in [0.15, 0.2) is 0 Å². The van der Waals surface area contributed by atoms with Gasteiger partial charge < -0.3 is 15.3 Å². The van der Waals surface area contributed by atoms with Crippen molar-refractivity contribution in [1.82, 2.24) is 10.2 Å². The Bertz CT molecular complexity index is 191. The highest BCUT2D eigenvalue weighted by Crippen LogP contribution is 2.11. The number of nitrogens with zero attached hydrogens (tertiary/aromatic N) is 1. The molecule has 0 saturated carbocycles. The molecule has 0 aromatic carbocycles. The van der Waals surface area contributed by atoms with Crippen LogP contribution in [0.2, 0.25) is 0 Å². The summed E-state index contributed by atoms with van der Waals surface area (Å²) in [7, 11) is 1.67. The Hall–Kier alpha value is -0.260. The highest BCUT2D eigenvalue weighted by Gasteiger charge is 2.24. The van der Waals surface area contributed by atoms with Crippen LogP contribution in [0, 0.1) is 0 Å². The van der Waals surface area contributed by atoms with Crippen molar-refractivity contribution in [2.75, 3.05) is 26.7 Å². The summed E-state index contributed by atoms with van der Waals surface area (Å²) in [6.45, 7) is 6.23. The van der Waals surface area contributed by atoms with Gasteiger partial charge in [0.2, 0.25) is 0 Å². The molecule has 0 amide bonds. The van der Waals surface area contributed by atoms with Crippen molar-refractivity contribution in [1.29, 1.82) is 0 Å². The molecule has 2 N–H and O–H groups in total. The summed E-state index contributed by atoms with van der Waals surface area (Å²) in [5.41, 5.74) is -0.398. The SMILES string of the molecule is CC(C)NC(C)(CO)CCN(C)CC(F)F. The van der Waals surface area contributed by atoms with E-state index in [1.807, 2.05) is 20.8 Å². The van der Waals surface area contributed by atoms with Crippen molar-refractivity contribution < 1.29 is 13.9 Å². The molecule has 0 spiro atoms. The van der Waals surface area contributed by atoms with Gasteiger partial charge in [-0.05, 0) is 26.9 Å². The van der Waals surface area contributed by atoms with Gasteiger partial charge in [-0.3, -0.25) is 0 Å². The van der Waals surface area contributed by atoms with E-state index in [-0.39, 0.29) is 19.2 Å². The second-order valence-electron chi connectivity index (χ2n) is 4.92. The quantitative estimate of drug-likeness (QED) is 0.669. The molecule has 5 heteroatoms. The maximum absolute atomic E-state index is 12.1. The number of aliphatic hydroxyl groups excluding tert-OH is 1. The molecule has 1 unspecified atom stereocenters. The first-order valence-electron chi connectivity index (χ1n) is 5.64. The zero-order valence-corrected chi connectivity index (χ0v) is 10.6. The summed E-state index contributed by atoms with van der Waals surface area (Å²) in [6, 6.07) is 0.262. The summed E-state index contributed by atoms with van der Waals surface area (Å²) in [5.74, 6) is 0. The molecular formula is C11H24F2N2O. The van der Waals surface area contributed by atoms with E-state index in [2.05, 4.69) is 5.32 Å². The molecule has 3 nitrogen and oxygen atoms in total. The average Bonchev–Trinajstić information content (AvgIpc) is 2.13. The lowest BCUT2D eigenvalue weighted by molar-refractivity contribution is 0.0882. The average molecular weight is 238 g/mol. The minimum Gasteiger partial charge on any atom is -0.394 e. The van der Waals surface area contributed by atoms with Crippen LogP contribution in [0.25, 0.3) is 0 Å². The summed E-state index contributed by atoms with van der Waals surface area (Å²) in [4.78, 5) is 1.58. The fraction of sp³-hybridized carbons (Fsp3) is 1.00.